The van der Waals surface area contributed by atoms with Gasteiger partial charge in [0.05, 0.1) is 39.1 Å². The van der Waals surface area contributed by atoms with E-state index >= 15 is 0 Å². The fourth-order valence-electron chi connectivity index (χ4n) is 3.45. The molecule has 4 heteroatoms. The monoisotopic (exact) mass is 446 g/mol. The number of benzene rings is 2. The molecule has 0 aliphatic carbocycles. The van der Waals surface area contributed by atoms with Crippen molar-refractivity contribution in [3.63, 3.8) is 0 Å². The first-order valence-corrected chi connectivity index (χ1v) is 10.2. The van der Waals surface area contributed by atoms with Crippen LogP contribution in [0.25, 0.3) is 0 Å². The van der Waals surface area contributed by atoms with Crippen molar-refractivity contribution in [3.8, 4) is 0 Å². The summed E-state index contributed by atoms with van der Waals surface area (Å²) in [5, 5.41) is 0. The highest BCUT2D eigenvalue weighted by Gasteiger charge is 2.30. The minimum absolute atomic E-state index is 0. The second kappa shape index (κ2) is 11.4. The van der Waals surface area contributed by atoms with Crippen LogP contribution in [0.15, 0.2) is 60.7 Å². The summed E-state index contributed by atoms with van der Waals surface area (Å²) < 4.78 is 0.984. The normalized spacial score (nSPS) is 11.4. The lowest BCUT2D eigenvalue weighted by atomic mass is 9.89. The summed E-state index contributed by atoms with van der Waals surface area (Å²) in [4.78, 5) is 15.8. The predicted molar refractivity (Wildman–Crippen MR) is 114 cm³/mol. The van der Waals surface area contributed by atoms with Crippen molar-refractivity contribution in [2.75, 3.05) is 33.2 Å². The number of rotatable bonds is 9. The van der Waals surface area contributed by atoms with Gasteiger partial charge in [-0.2, -0.15) is 0 Å². The van der Waals surface area contributed by atoms with Crippen LogP contribution in [-0.2, 0) is 4.79 Å². The zero-order chi connectivity index (χ0) is 19.9. The van der Waals surface area contributed by atoms with Crippen LogP contribution in [0.1, 0.15) is 44.7 Å². The first-order chi connectivity index (χ1) is 12.9. The molecule has 0 heterocycles. The summed E-state index contributed by atoms with van der Waals surface area (Å²) >= 11 is 0. The molecule has 2 aromatic rings. The van der Waals surface area contributed by atoms with E-state index in [1.807, 2.05) is 36.4 Å². The van der Waals surface area contributed by atoms with Crippen LogP contribution >= 0.6 is 0 Å². The molecule has 0 aromatic heterocycles. The zero-order valence-corrected chi connectivity index (χ0v) is 19.5. The molecule has 0 saturated carbocycles. The Kier molecular flexibility index (Phi) is 9.91. The molecule has 0 radical (unpaired) electrons. The SMILES string of the molecule is CC[N+](C)(CC)CCN(C(=O)C(c1ccccc1)c1ccccc1)C(C)C.[Br-]. The first-order valence-electron chi connectivity index (χ1n) is 10.2. The highest BCUT2D eigenvalue weighted by molar-refractivity contribution is 5.87. The number of likely N-dealkylation sites (N-methyl/N-ethyl adjacent to an activating group) is 1. The molecule has 28 heavy (non-hydrogen) atoms. The third-order valence-electron chi connectivity index (χ3n) is 5.83. The van der Waals surface area contributed by atoms with E-state index in [1.165, 1.54) is 0 Å². The molecule has 2 rings (SSSR count). The highest BCUT2D eigenvalue weighted by Crippen LogP contribution is 2.27. The van der Waals surface area contributed by atoms with E-state index in [2.05, 4.69) is 63.9 Å². The molecule has 0 fully saturated rings. The van der Waals surface area contributed by atoms with E-state index in [-0.39, 0.29) is 34.8 Å². The smallest absolute Gasteiger partial charge is 0.235 e. The standard InChI is InChI=1S/C24H35N2O.BrH/c1-6-26(5,7-2)19-18-25(20(3)4)24(27)23(21-14-10-8-11-15-21)22-16-12-9-13-17-22;/h8-17,20,23H,6-7,18-19H2,1-5H3;1H/q+1;/p-1. The summed E-state index contributed by atoms with van der Waals surface area (Å²) in [6, 6.07) is 20.5. The summed E-state index contributed by atoms with van der Waals surface area (Å²) in [5.41, 5.74) is 2.12. The molecular weight excluding hydrogens is 412 g/mol. The summed E-state index contributed by atoms with van der Waals surface area (Å²) in [6.45, 7) is 12.6. The average molecular weight is 447 g/mol. The van der Waals surface area contributed by atoms with Gasteiger partial charge in [-0.1, -0.05) is 60.7 Å². The second-order valence-corrected chi connectivity index (χ2v) is 7.86. The van der Waals surface area contributed by atoms with Gasteiger partial charge in [0.1, 0.15) is 0 Å². The molecule has 0 saturated heterocycles. The molecule has 2 aromatic carbocycles. The summed E-state index contributed by atoms with van der Waals surface area (Å²) in [7, 11) is 2.27. The fourth-order valence-corrected chi connectivity index (χ4v) is 3.45. The van der Waals surface area contributed by atoms with E-state index in [9.17, 15) is 4.79 Å². The Morgan fingerprint density at radius 1 is 0.893 bits per heavy atom. The number of hydrogen-bond donors (Lipinski definition) is 0. The van der Waals surface area contributed by atoms with Crippen LogP contribution in [0, 0.1) is 0 Å². The van der Waals surface area contributed by atoms with Gasteiger partial charge in [-0.05, 0) is 38.8 Å². The first kappa shape index (κ1) is 24.4. The molecule has 0 aliphatic rings. The molecule has 154 valence electrons. The molecule has 0 unspecified atom stereocenters. The Morgan fingerprint density at radius 3 is 1.68 bits per heavy atom. The van der Waals surface area contributed by atoms with Crippen LogP contribution < -0.4 is 17.0 Å². The van der Waals surface area contributed by atoms with Crippen molar-refractivity contribution in [1.82, 2.24) is 4.90 Å². The van der Waals surface area contributed by atoms with Crippen molar-refractivity contribution in [2.24, 2.45) is 0 Å². The number of carbonyl (C=O) groups is 1. The maximum atomic E-state index is 13.7. The maximum absolute atomic E-state index is 13.7. The molecule has 0 spiro atoms. The number of amides is 1. The third-order valence-corrected chi connectivity index (χ3v) is 5.83. The Morgan fingerprint density at radius 2 is 1.32 bits per heavy atom. The Labute approximate surface area is 181 Å². The van der Waals surface area contributed by atoms with E-state index in [0.717, 1.165) is 41.8 Å². The number of quaternary nitrogens is 1. The van der Waals surface area contributed by atoms with Gasteiger partial charge in [0.15, 0.2) is 0 Å². The van der Waals surface area contributed by atoms with Crippen LogP contribution in [0.3, 0.4) is 0 Å². The van der Waals surface area contributed by atoms with Crippen molar-refractivity contribution in [1.29, 1.82) is 0 Å². The van der Waals surface area contributed by atoms with Crippen molar-refractivity contribution in [2.45, 2.75) is 39.7 Å². The van der Waals surface area contributed by atoms with Crippen LogP contribution in [-0.4, -0.2) is 54.6 Å². The van der Waals surface area contributed by atoms with Gasteiger partial charge in [0.25, 0.3) is 0 Å². The topological polar surface area (TPSA) is 20.3 Å². The molecule has 0 aliphatic heterocycles. The van der Waals surface area contributed by atoms with E-state index in [0.29, 0.717) is 0 Å². The Bertz CT molecular complexity index is 660. The summed E-state index contributed by atoms with van der Waals surface area (Å²) in [5.74, 6) is -0.0574. The van der Waals surface area contributed by atoms with Crippen LogP contribution in [0.5, 0.6) is 0 Å². The summed E-state index contributed by atoms with van der Waals surface area (Å²) in [6.07, 6.45) is 0. The van der Waals surface area contributed by atoms with E-state index in [4.69, 9.17) is 0 Å². The quantitative estimate of drug-likeness (QED) is 0.535. The molecule has 3 nitrogen and oxygen atoms in total. The second-order valence-electron chi connectivity index (χ2n) is 7.86. The van der Waals surface area contributed by atoms with Crippen LogP contribution in [0.2, 0.25) is 0 Å². The lowest BCUT2D eigenvalue weighted by Gasteiger charge is -2.37. The van der Waals surface area contributed by atoms with Gasteiger partial charge in [-0.15, -0.1) is 0 Å². The van der Waals surface area contributed by atoms with Gasteiger partial charge in [-0.3, -0.25) is 4.79 Å². The van der Waals surface area contributed by atoms with E-state index in [1.54, 1.807) is 0 Å². The lowest BCUT2D eigenvalue weighted by Crippen LogP contribution is -3.00. The largest absolute Gasteiger partial charge is 1.00 e. The van der Waals surface area contributed by atoms with Crippen molar-refractivity contribution in [3.05, 3.63) is 71.8 Å². The van der Waals surface area contributed by atoms with Crippen LogP contribution in [0.4, 0.5) is 0 Å². The number of hydrogen-bond acceptors (Lipinski definition) is 1. The van der Waals surface area contributed by atoms with Crippen molar-refractivity contribution < 1.29 is 26.3 Å². The Balaban J connectivity index is 0.00000392. The lowest BCUT2D eigenvalue weighted by molar-refractivity contribution is -0.905. The van der Waals surface area contributed by atoms with Gasteiger partial charge in [0, 0.05) is 6.04 Å². The number of nitrogens with zero attached hydrogens (tertiary/aromatic N) is 2. The van der Waals surface area contributed by atoms with Gasteiger partial charge >= 0.3 is 0 Å². The maximum Gasteiger partial charge on any atom is 0.235 e. The van der Waals surface area contributed by atoms with Gasteiger partial charge in [0.2, 0.25) is 5.91 Å². The highest BCUT2D eigenvalue weighted by atomic mass is 79.9. The molecule has 1 amide bonds. The third kappa shape index (κ3) is 6.18. The molecule has 0 atom stereocenters. The number of carbonyl (C=O) groups excluding carboxylic acids is 1. The average Bonchev–Trinajstić information content (AvgIpc) is 2.69. The van der Waals surface area contributed by atoms with Gasteiger partial charge < -0.3 is 26.4 Å². The molecular formula is C24H35BrN2O. The number of halogens is 1. The predicted octanol–water partition coefficient (Wildman–Crippen LogP) is 1.55. The van der Waals surface area contributed by atoms with Crippen molar-refractivity contribution >= 4 is 5.91 Å². The zero-order valence-electron chi connectivity index (χ0n) is 17.9. The van der Waals surface area contributed by atoms with Gasteiger partial charge in [-0.25, -0.2) is 0 Å². The Hall–Kier alpha value is -1.65. The van der Waals surface area contributed by atoms with E-state index < -0.39 is 0 Å². The minimum Gasteiger partial charge on any atom is -1.00 e. The molecule has 0 bridgehead atoms. The fraction of sp³-hybridized carbons (Fsp3) is 0.458. The molecule has 0 N–H and O–H groups in total. The minimum atomic E-state index is -0.253.